The predicted molar refractivity (Wildman–Crippen MR) is 103 cm³/mol. The Morgan fingerprint density at radius 2 is 2.15 bits per heavy atom. The van der Waals surface area contributed by atoms with Gasteiger partial charge in [0.25, 0.3) is 5.91 Å². The number of carbonyl (C=O) groups is 1. The largest absolute Gasteiger partial charge is 0.340 e. The van der Waals surface area contributed by atoms with Crippen LogP contribution in [0.5, 0.6) is 0 Å². The van der Waals surface area contributed by atoms with E-state index in [-0.39, 0.29) is 5.91 Å². The second kappa shape index (κ2) is 8.76. The summed E-state index contributed by atoms with van der Waals surface area (Å²) in [5.41, 5.74) is 1.55. The third-order valence-corrected chi connectivity index (χ3v) is 4.86. The Morgan fingerprint density at radius 3 is 2.88 bits per heavy atom. The lowest BCUT2D eigenvalue weighted by atomic mass is 10.1. The number of hydrogen-bond acceptors (Lipinski definition) is 4. The van der Waals surface area contributed by atoms with Gasteiger partial charge in [-0.3, -0.25) is 4.79 Å². The molecular formula is C20H27N5O. The summed E-state index contributed by atoms with van der Waals surface area (Å²) in [6.45, 7) is 6.84. The van der Waals surface area contributed by atoms with Gasteiger partial charge < -0.3 is 9.80 Å². The van der Waals surface area contributed by atoms with Gasteiger partial charge in [0.05, 0.1) is 12.7 Å². The van der Waals surface area contributed by atoms with Gasteiger partial charge in [-0.1, -0.05) is 54.6 Å². The maximum absolute atomic E-state index is 12.6. The van der Waals surface area contributed by atoms with Crippen molar-refractivity contribution in [2.24, 2.45) is 5.92 Å². The highest BCUT2D eigenvalue weighted by atomic mass is 16.2. The number of hydrogen-bond donors (Lipinski definition) is 0. The molecule has 0 saturated carbocycles. The van der Waals surface area contributed by atoms with Crippen molar-refractivity contribution in [2.45, 2.75) is 19.9 Å². The van der Waals surface area contributed by atoms with Crippen LogP contribution in [0.15, 0.2) is 42.6 Å². The number of rotatable bonds is 7. The first kappa shape index (κ1) is 18.3. The Balaban J connectivity index is 1.51. The van der Waals surface area contributed by atoms with E-state index in [2.05, 4.69) is 22.1 Å². The van der Waals surface area contributed by atoms with Gasteiger partial charge in [-0.15, -0.1) is 5.10 Å². The van der Waals surface area contributed by atoms with Crippen molar-refractivity contribution in [3.8, 4) is 0 Å². The second-order valence-corrected chi connectivity index (χ2v) is 6.87. The number of amides is 1. The molecule has 0 bridgehead atoms. The minimum atomic E-state index is -0.0572. The molecule has 1 aromatic carbocycles. The molecule has 1 saturated heterocycles. The zero-order valence-corrected chi connectivity index (χ0v) is 15.6. The van der Waals surface area contributed by atoms with Crippen LogP contribution in [0.2, 0.25) is 0 Å². The predicted octanol–water partition coefficient (Wildman–Crippen LogP) is 2.41. The van der Waals surface area contributed by atoms with Crippen LogP contribution < -0.4 is 0 Å². The summed E-state index contributed by atoms with van der Waals surface area (Å²) in [5, 5.41) is 8.11. The van der Waals surface area contributed by atoms with E-state index in [0.29, 0.717) is 18.2 Å². The minimum absolute atomic E-state index is 0.0572. The summed E-state index contributed by atoms with van der Waals surface area (Å²) in [6, 6.07) is 10.1. The number of carbonyl (C=O) groups excluding carboxylic acids is 1. The van der Waals surface area contributed by atoms with Crippen LogP contribution in [0.25, 0.3) is 6.08 Å². The topological polar surface area (TPSA) is 54.3 Å². The highest BCUT2D eigenvalue weighted by Crippen LogP contribution is 2.17. The zero-order chi connectivity index (χ0) is 18.4. The van der Waals surface area contributed by atoms with Gasteiger partial charge in [0.15, 0.2) is 5.69 Å². The fourth-order valence-electron chi connectivity index (χ4n) is 3.36. The Morgan fingerprint density at radius 1 is 1.35 bits per heavy atom. The molecule has 0 radical (unpaired) electrons. The lowest BCUT2D eigenvalue weighted by Crippen LogP contribution is -2.33. The molecule has 1 aromatic heterocycles. The Kier molecular flexibility index (Phi) is 6.17. The molecule has 138 valence electrons. The van der Waals surface area contributed by atoms with Crippen LogP contribution >= 0.6 is 0 Å². The zero-order valence-electron chi connectivity index (χ0n) is 15.6. The van der Waals surface area contributed by atoms with E-state index in [1.54, 1.807) is 15.8 Å². The van der Waals surface area contributed by atoms with Crippen LogP contribution in [-0.2, 0) is 6.54 Å². The number of likely N-dealkylation sites (tertiary alicyclic amines) is 1. The van der Waals surface area contributed by atoms with Crippen molar-refractivity contribution >= 4 is 12.0 Å². The quantitative estimate of drug-likeness (QED) is 0.767. The summed E-state index contributed by atoms with van der Waals surface area (Å²) in [4.78, 5) is 16.8. The average molecular weight is 353 g/mol. The van der Waals surface area contributed by atoms with Gasteiger partial charge in [0.1, 0.15) is 0 Å². The van der Waals surface area contributed by atoms with Crippen molar-refractivity contribution in [3.05, 3.63) is 53.9 Å². The van der Waals surface area contributed by atoms with Crippen molar-refractivity contribution in [2.75, 3.05) is 33.2 Å². The Hall–Kier alpha value is -2.47. The third-order valence-electron chi connectivity index (χ3n) is 4.86. The highest BCUT2D eigenvalue weighted by molar-refractivity contribution is 5.91. The molecule has 1 aliphatic heterocycles. The molecule has 0 N–H and O–H groups in total. The van der Waals surface area contributed by atoms with Gasteiger partial charge in [0, 0.05) is 20.1 Å². The molecule has 2 heterocycles. The van der Waals surface area contributed by atoms with Gasteiger partial charge in [-0.25, -0.2) is 4.68 Å². The van der Waals surface area contributed by atoms with Gasteiger partial charge in [0.2, 0.25) is 0 Å². The molecule has 2 aromatic rings. The Bertz CT molecular complexity index is 740. The van der Waals surface area contributed by atoms with Crippen molar-refractivity contribution in [1.82, 2.24) is 24.8 Å². The van der Waals surface area contributed by atoms with E-state index in [0.717, 1.165) is 38.2 Å². The van der Waals surface area contributed by atoms with E-state index < -0.39 is 0 Å². The Labute approximate surface area is 155 Å². The van der Waals surface area contributed by atoms with E-state index in [1.165, 1.54) is 0 Å². The molecule has 6 nitrogen and oxygen atoms in total. The SMILES string of the molecule is CCN1CC[C@@H](CN(C)C(=O)c2cn(C/C=C/c3ccccc3)nn2)C1. The molecule has 0 unspecified atom stereocenters. The van der Waals surface area contributed by atoms with E-state index in [9.17, 15) is 4.79 Å². The summed E-state index contributed by atoms with van der Waals surface area (Å²) >= 11 is 0. The van der Waals surface area contributed by atoms with Gasteiger partial charge >= 0.3 is 0 Å². The number of nitrogens with zero attached hydrogens (tertiary/aromatic N) is 5. The van der Waals surface area contributed by atoms with Crippen LogP contribution in [0.3, 0.4) is 0 Å². The molecule has 26 heavy (non-hydrogen) atoms. The van der Waals surface area contributed by atoms with Gasteiger partial charge in [-0.2, -0.15) is 0 Å². The fraction of sp³-hybridized carbons (Fsp3) is 0.450. The van der Waals surface area contributed by atoms with Crippen molar-refractivity contribution in [1.29, 1.82) is 0 Å². The van der Waals surface area contributed by atoms with Gasteiger partial charge in [-0.05, 0) is 31.0 Å². The van der Waals surface area contributed by atoms with E-state index >= 15 is 0 Å². The maximum Gasteiger partial charge on any atom is 0.275 e. The first-order valence-electron chi connectivity index (χ1n) is 9.25. The third kappa shape index (κ3) is 4.79. The van der Waals surface area contributed by atoms with Crippen molar-refractivity contribution < 1.29 is 4.79 Å². The first-order chi connectivity index (χ1) is 12.7. The molecule has 1 amide bonds. The van der Waals surface area contributed by atoms with Crippen LogP contribution in [0.1, 0.15) is 29.4 Å². The lowest BCUT2D eigenvalue weighted by Gasteiger charge is -2.20. The normalized spacial score (nSPS) is 17.8. The van der Waals surface area contributed by atoms with Crippen molar-refractivity contribution in [3.63, 3.8) is 0 Å². The molecule has 6 heteroatoms. The second-order valence-electron chi connectivity index (χ2n) is 6.87. The summed E-state index contributed by atoms with van der Waals surface area (Å²) in [6.07, 6.45) is 6.93. The summed E-state index contributed by atoms with van der Waals surface area (Å²) < 4.78 is 1.69. The average Bonchev–Trinajstić information content (AvgIpc) is 3.31. The molecule has 1 atom stereocenters. The number of aromatic nitrogens is 3. The molecule has 1 aliphatic rings. The molecule has 1 fully saturated rings. The maximum atomic E-state index is 12.6. The smallest absolute Gasteiger partial charge is 0.275 e. The first-order valence-corrected chi connectivity index (χ1v) is 9.25. The van der Waals surface area contributed by atoms with E-state index in [1.807, 2.05) is 49.5 Å². The molecular weight excluding hydrogens is 326 g/mol. The standard InChI is InChI=1S/C20H27N5O/c1-3-24-13-11-18(15-24)14-23(2)20(26)19-16-25(22-21-19)12-7-10-17-8-5-4-6-9-17/h4-10,16,18H,3,11-15H2,1-2H3/b10-7+/t18-/m0/s1. The summed E-state index contributed by atoms with van der Waals surface area (Å²) in [7, 11) is 1.85. The van der Waals surface area contributed by atoms with E-state index in [4.69, 9.17) is 0 Å². The van der Waals surface area contributed by atoms with Crippen LogP contribution in [0.4, 0.5) is 0 Å². The lowest BCUT2D eigenvalue weighted by molar-refractivity contribution is 0.0767. The monoisotopic (exact) mass is 353 g/mol. The number of allylic oxidation sites excluding steroid dienone is 1. The minimum Gasteiger partial charge on any atom is -0.340 e. The summed E-state index contributed by atoms with van der Waals surface area (Å²) in [5.74, 6) is 0.492. The highest BCUT2D eigenvalue weighted by Gasteiger charge is 2.25. The van der Waals surface area contributed by atoms with Crippen LogP contribution in [-0.4, -0.2) is 63.9 Å². The van der Waals surface area contributed by atoms with Crippen LogP contribution in [0, 0.1) is 5.92 Å². The molecule has 0 aliphatic carbocycles. The number of benzene rings is 1. The fourth-order valence-corrected chi connectivity index (χ4v) is 3.36. The molecule has 0 spiro atoms. The molecule has 3 rings (SSSR count).